The minimum atomic E-state index is 0.178. The normalized spacial score (nSPS) is 12.0. The lowest BCUT2D eigenvalue weighted by Gasteiger charge is -2.11. The van der Waals surface area contributed by atoms with Crippen molar-refractivity contribution in [2.75, 3.05) is 6.61 Å². The number of hydrogen-bond acceptors (Lipinski definition) is 4. The smallest absolute Gasteiger partial charge is 0.219 e. The third kappa shape index (κ3) is 4.46. The molecule has 112 valence electrons. The molecule has 4 nitrogen and oxygen atoms in total. The monoisotopic (exact) mass is 286 g/mol. The number of pyridine rings is 1. The minimum Gasteiger partial charge on any atom is -0.490 e. The first-order valence-corrected chi connectivity index (χ1v) is 7.33. The van der Waals surface area contributed by atoms with Crippen molar-refractivity contribution >= 4 is 0 Å². The molecule has 2 aromatic rings. The molecule has 0 aliphatic carbocycles. The van der Waals surface area contributed by atoms with Gasteiger partial charge < -0.3 is 15.2 Å². The molecule has 1 unspecified atom stereocenters. The maximum absolute atomic E-state index is 5.94. The molecule has 1 heterocycles. The Morgan fingerprint density at radius 1 is 1.10 bits per heavy atom. The standard InChI is InChI=1S/C17H22N2O2/c1-3-14(18)11-13-9-10-17(19-12-13)21-16-8-6-5-7-15(16)20-4-2/h5-10,12,14H,3-4,11,18H2,1-2H3. The molecule has 1 atom stereocenters. The van der Waals surface area contributed by atoms with Crippen LogP contribution in [-0.2, 0) is 6.42 Å². The van der Waals surface area contributed by atoms with Crippen LogP contribution in [0.1, 0.15) is 25.8 Å². The summed E-state index contributed by atoms with van der Waals surface area (Å²) in [6, 6.07) is 11.6. The molecule has 0 fully saturated rings. The molecule has 0 aliphatic heterocycles. The predicted octanol–water partition coefficient (Wildman–Crippen LogP) is 3.55. The van der Waals surface area contributed by atoms with Gasteiger partial charge >= 0.3 is 0 Å². The molecular formula is C17H22N2O2. The highest BCUT2D eigenvalue weighted by atomic mass is 16.5. The van der Waals surface area contributed by atoms with Gasteiger partial charge in [-0.15, -0.1) is 0 Å². The summed E-state index contributed by atoms with van der Waals surface area (Å²) in [6.07, 6.45) is 3.60. The number of hydrogen-bond donors (Lipinski definition) is 1. The highest BCUT2D eigenvalue weighted by Gasteiger charge is 2.07. The second-order valence-corrected chi connectivity index (χ2v) is 4.86. The Kier molecular flexibility index (Phi) is 5.58. The number of aromatic nitrogens is 1. The minimum absolute atomic E-state index is 0.178. The van der Waals surface area contributed by atoms with E-state index in [-0.39, 0.29) is 6.04 Å². The number of ether oxygens (including phenoxy) is 2. The van der Waals surface area contributed by atoms with Crippen LogP contribution in [0.5, 0.6) is 17.4 Å². The van der Waals surface area contributed by atoms with Crippen LogP contribution < -0.4 is 15.2 Å². The van der Waals surface area contributed by atoms with Gasteiger partial charge in [0.1, 0.15) is 0 Å². The van der Waals surface area contributed by atoms with Gasteiger partial charge in [0.2, 0.25) is 5.88 Å². The Morgan fingerprint density at radius 3 is 2.48 bits per heavy atom. The maximum Gasteiger partial charge on any atom is 0.219 e. The molecular weight excluding hydrogens is 264 g/mol. The van der Waals surface area contributed by atoms with Gasteiger partial charge in [-0.25, -0.2) is 4.98 Å². The summed E-state index contributed by atoms with van der Waals surface area (Å²) in [4.78, 5) is 4.33. The van der Waals surface area contributed by atoms with Crippen LogP contribution in [-0.4, -0.2) is 17.6 Å². The van der Waals surface area contributed by atoms with E-state index in [2.05, 4.69) is 11.9 Å². The number of nitrogens with two attached hydrogens (primary N) is 1. The van der Waals surface area contributed by atoms with E-state index in [0.717, 1.165) is 24.2 Å². The SMILES string of the molecule is CCOc1ccccc1Oc1ccc(CC(N)CC)cn1. The molecule has 0 saturated heterocycles. The third-order valence-electron chi connectivity index (χ3n) is 3.18. The highest BCUT2D eigenvalue weighted by Crippen LogP contribution is 2.30. The van der Waals surface area contributed by atoms with Crippen molar-refractivity contribution < 1.29 is 9.47 Å². The molecule has 0 aliphatic rings. The van der Waals surface area contributed by atoms with Crippen LogP contribution in [0.2, 0.25) is 0 Å². The molecule has 2 N–H and O–H groups in total. The number of rotatable bonds is 7. The summed E-state index contributed by atoms with van der Waals surface area (Å²) in [6.45, 7) is 4.63. The van der Waals surface area contributed by atoms with Crippen molar-refractivity contribution in [3.05, 3.63) is 48.2 Å². The predicted molar refractivity (Wildman–Crippen MR) is 83.9 cm³/mol. The van der Waals surface area contributed by atoms with Crippen molar-refractivity contribution in [1.82, 2.24) is 4.98 Å². The van der Waals surface area contributed by atoms with E-state index in [4.69, 9.17) is 15.2 Å². The van der Waals surface area contributed by atoms with Crippen molar-refractivity contribution in [3.63, 3.8) is 0 Å². The lowest BCUT2D eigenvalue weighted by atomic mass is 10.1. The summed E-state index contributed by atoms with van der Waals surface area (Å²) < 4.78 is 11.3. The first-order valence-electron chi connectivity index (χ1n) is 7.33. The van der Waals surface area contributed by atoms with Crippen LogP contribution in [0.3, 0.4) is 0 Å². The van der Waals surface area contributed by atoms with Crippen LogP contribution in [0, 0.1) is 0 Å². The Hall–Kier alpha value is -2.07. The van der Waals surface area contributed by atoms with Gasteiger partial charge in [-0.2, -0.15) is 0 Å². The average Bonchev–Trinajstić information content (AvgIpc) is 2.51. The van der Waals surface area contributed by atoms with E-state index in [0.29, 0.717) is 18.2 Å². The van der Waals surface area contributed by atoms with Crippen LogP contribution in [0.25, 0.3) is 0 Å². The van der Waals surface area contributed by atoms with E-state index in [1.165, 1.54) is 0 Å². The second kappa shape index (κ2) is 7.64. The molecule has 0 radical (unpaired) electrons. The Morgan fingerprint density at radius 2 is 1.86 bits per heavy atom. The van der Waals surface area contributed by atoms with Gasteiger partial charge in [0.25, 0.3) is 0 Å². The van der Waals surface area contributed by atoms with E-state index in [9.17, 15) is 0 Å². The average molecular weight is 286 g/mol. The fraction of sp³-hybridized carbons (Fsp3) is 0.353. The van der Waals surface area contributed by atoms with Crippen LogP contribution >= 0.6 is 0 Å². The first kappa shape index (κ1) is 15.3. The fourth-order valence-electron chi connectivity index (χ4n) is 1.96. The van der Waals surface area contributed by atoms with Crippen LogP contribution in [0.4, 0.5) is 0 Å². The number of nitrogens with zero attached hydrogens (tertiary/aromatic N) is 1. The lowest BCUT2D eigenvalue weighted by Crippen LogP contribution is -2.21. The van der Waals surface area contributed by atoms with Crippen molar-refractivity contribution in [2.45, 2.75) is 32.7 Å². The Labute approximate surface area is 125 Å². The van der Waals surface area contributed by atoms with Crippen LogP contribution in [0.15, 0.2) is 42.6 Å². The lowest BCUT2D eigenvalue weighted by molar-refractivity contribution is 0.319. The maximum atomic E-state index is 5.94. The summed E-state index contributed by atoms with van der Waals surface area (Å²) in [7, 11) is 0. The highest BCUT2D eigenvalue weighted by molar-refractivity contribution is 5.41. The summed E-state index contributed by atoms with van der Waals surface area (Å²) in [5.41, 5.74) is 7.06. The van der Waals surface area contributed by atoms with E-state index >= 15 is 0 Å². The van der Waals surface area contributed by atoms with Crippen molar-refractivity contribution in [2.24, 2.45) is 5.73 Å². The van der Waals surface area contributed by atoms with Gasteiger partial charge in [0, 0.05) is 18.3 Å². The molecule has 1 aromatic heterocycles. The zero-order valence-electron chi connectivity index (χ0n) is 12.6. The first-order chi connectivity index (χ1) is 10.2. The molecule has 2 rings (SSSR count). The van der Waals surface area contributed by atoms with Gasteiger partial charge in [0.05, 0.1) is 6.61 Å². The summed E-state index contributed by atoms with van der Waals surface area (Å²) in [5, 5.41) is 0. The number of benzene rings is 1. The van der Waals surface area contributed by atoms with Crippen molar-refractivity contribution in [1.29, 1.82) is 0 Å². The molecule has 21 heavy (non-hydrogen) atoms. The van der Waals surface area contributed by atoms with E-state index < -0.39 is 0 Å². The topological polar surface area (TPSA) is 57.4 Å². The summed E-state index contributed by atoms with van der Waals surface area (Å²) in [5.74, 6) is 1.94. The Balaban J connectivity index is 2.06. The Bertz CT molecular complexity index is 555. The quantitative estimate of drug-likeness (QED) is 0.845. The number of para-hydroxylation sites is 2. The zero-order valence-corrected chi connectivity index (χ0v) is 12.6. The fourth-order valence-corrected chi connectivity index (χ4v) is 1.96. The van der Waals surface area contributed by atoms with Gasteiger partial charge in [-0.3, -0.25) is 0 Å². The van der Waals surface area contributed by atoms with E-state index in [1.54, 1.807) is 0 Å². The third-order valence-corrected chi connectivity index (χ3v) is 3.18. The van der Waals surface area contributed by atoms with Crippen molar-refractivity contribution in [3.8, 4) is 17.4 Å². The van der Waals surface area contributed by atoms with Gasteiger partial charge in [0.15, 0.2) is 11.5 Å². The zero-order chi connectivity index (χ0) is 15.1. The molecule has 4 heteroatoms. The molecule has 0 saturated carbocycles. The second-order valence-electron chi connectivity index (χ2n) is 4.86. The largest absolute Gasteiger partial charge is 0.490 e. The van der Waals surface area contributed by atoms with Gasteiger partial charge in [-0.1, -0.05) is 25.1 Å². The van der Waals surface area contributed by atoms with E-state index in [1.807, 2.05) is 49.5 Å². The molecule has 0 bridgehead atoms. The molecule has 0 spiro atoms. The summed E-state index contributed by atoms with van der Waals surface area (Å²) >= 11 is 0. The molecule has 0 amide bonds. The molecule has 1 aromatic carbocycles. The van der Waals surface area contributed by atoms with Gasteiger partial charge in [-0.05, 0) is 37.5 Å².